The maximum atomic E-state index is 3.66. The van der Waals surface area contributed by atoms with Gasteiger partial charge in [-0.15, -0.1) is 0 Å². The van der Waals surface area contributed by atoms with Crippen LogP contribution in [0, 0.1) is 0 Å². The molecule has 0 aliphatic rings. The van der Waals surface area contributed by atoms with Crippen molar-refractivity contribution in [3.05, 3.63) is 34.3 Å². The lowest BCUT2D eigenvalue weighted by Gasteiger charge is -2.08. The minimum Gasteiger partial charge on any atom is -0.0839 e. The number of benzene rings is 1. The second kappa shape index (κ2) is 5.03. The van der Waals surface area contributed by atoms with Gasteiger partial charge in [-0.3, -0.25) is 0 Å². The maximum absolute atomic E-state index is 3.66. The summed E-state index contributed by atoms with van der Waals surface area (Å²) >= 11 is 7.12. The number of hydrogen-bond donors (Lipinski definition) is 0. The summed E-state index contributed by atoms with van der Waals surface area (Å²) in [5.74, 6) is 0. The van der Waals surface area contributed by atoms with Crippen LogP contribution < -0.4 is 0 Å². The molecule has 1 atom stereocenters. The van der Waals surface area contributed by atoms with E-state index in [9.17, 15) is 0 Å². The molecule has 0 saturated heterocycles. The van der Waals surface area contributed by atoms with Crippen LogP contribution in [0.1, 0.15) is 30.2 Å². The predicted octanol–water partition coefficient (Wildman–Crippen LogP) is 4.69. The van der Waals surface area contributed by atoms with Crippen LogP contribution in [0.2, 0.25) is 0 Å². The highest BCUT2D eigenvalue weighted by Gasteiger charge is 2.05. The van der Waals surface area contributed by atoms with Crippen molar-refractivity contribution in [2.75, 3.05) is 0 Å². The SMILES string of the molecule is CCCC(Br)c1cccc(Br)c1. The number of halogens is 2. The molecule has 0 N–H and O–H groups in total. The van der Waals surface area contributed by atoms with Crippen LogP contribution in [0.5, 0.6) is 0 Å². The Kier molecular flexibility index (Phi) is 4.30. The van der Waals surface area contributed by atoms with Crippen molar-refractivity contribution in [2.24, 2.45) is 0 Å². The van der Waals surface area contributed by atoms with Crippen molar-refractivity contribution in [3.63, 3.8) is 0 Å². The Bertz CT molecular complexity index is 245. The molecular weight excluding hydrogens is 280 g/mol. The van der Waals surface area contributed by atoms with Crippen LogP contribution in [0.25, 0.3) is 0 Å². The van der Waals surface area contributed by atoms with Crippen LogP contribution in [0.3, 0.4) is 0 Å². The summed E-state index contributed by atoms with van der Waals surface area (Å²) in [5, 5.41) is 0. The van der Waals surface area contributed by atoms with Crippen LogP contribution in [0.15, 0.2) is 28.7 Å². The van der Waals surface area contributed by atoms with Crippen molar-refractivity contribution in [1.29, 1.82) is 0 Å². The number of alkyl halides is 1. The maximum Gasteiger partial charge on any atom is 0.0395 e. The highest BCUT2D eigenvalue weighted by molar-refractivity contribution is 9.10. The molecule has 0 aliphatic carbocycles. The van der Waals surface area contributed by atoms with Gasteiger partial charge in [-0.05, 0) is 24.1 Å². The summed E-state index contributed by atoms with van der Waals surface area (Å²) in [6.07, 6.45) is 2.40. The summed E-state index contributed by atoms with van der Waals surface area (Å²) in [4.78, 5) is 0.500. The van der Waals surface area contributed by atoms with E-state index in [1.807, 2.05) is 0 Å². The minimum atomic E-state index is 0.500. The average Bonchev–Trinajstić information content (AvgIpc) is 2.05. The topological polar surface area (TPSA) is 0 Å². The monoisotopic (exact) mass is 290 g/mol. The first-order valence-electron chi connectivity index (χ1n) is 4.13. The average molecular weight is 292 g/mol. The Balaban J connectivity index is 2.73. The summed E-state index contributed by atoms with van der Waals surface area (Å²) < 4.78 is 1.15. The third kappa shape index (κ3) is 2.91. The highest BCUT2D eigenvalue weighted by Crippen LogP contribution is 2.28. The summed E-state index contributed by atoms with van der Waals surface area (Å²) in [5.41, 5.74) is 1.35. The normalized spacial score (nSPS) is 12.9. The molecule has 0 amide bonds. The first kappa shape index (κ1) is 10.3. The quantitative estimate of drug-likeness (QED) is 0.709. The Morgan fingerprint density at radius 1 is 1.42 bits per heavy atom. The second-order valence-electron chi connectivity index (χ2n) is 2.81. The van der Waals surface area contributed by atoms with E-state index >= 15 is 0 Å². The molecule has 1 aromatic rings. The van der Waals surface area contributed by atoms with Crippen molar-refractivity contribution in [1.82, 2.24) is 0 Å². The highest BCUT2D eigenvalue weighted by atomic mass is 79.9. The van der Waals surface area contributed by atoms with E-state index in [0.717, 1.165) is 4.47 Å². The Morgan fingerprint density at radius 2 is 2.17 bits per heavy atom. The third-order valence-electron chi connectivity index (χ3n) is 1.75. The smallest absolute Gasteiger partial charge is 0.0395 e. The fourth-order valence-corrected chi connectivity index (χ4v) is 2.28. The lowest BCUT2D eigenvalue weighted by molar-refractivity contribution is 0.788. The van der Waals surface area contributed by atoms with Crippen molar-refractivity contribution in [3.8, 4) is 0 Å². The number of hydrogen-bond acceptors (Lipinski definition) is 0. The molecule has 0 spiro atoms. The summed E-state index contributed by atoms with van der Waals surface area (Å²) in [6, 6.07) is 8.44. The summed E-state index contributed by atoms with van der Waals surface area (Å²) in [6.45, 7) is 2.20. The molecule has 12 heavy (non-hydrogen) atoms. The van der Waals surface area contributed by atoms with Crippen molar-refractivity contribution in [2.45, 2.75) is 24.6 Å². The van der Waals surface area contributed by atoms with Crippen LogP contribution in [0.4, 0.5) is 0 Å². The Morgan fingerprint density at radius 3 is 2.75 bits per heavy atom. The standard InChI is InChI=1S/C10H12Br2/c1-2-4-10(12)8-5-3-6-9(11)7-8/h3,5-7,10H,2,4H2,1H3. The molecule has 66 valence electrons. The van der Waals surface area contributed by atoms with E-state index in [4.69, 9.17) is 0 Å². The molecule has 0 saturated carbocycles. The van der Waals surface area contributed by atoms with Gasteiger partial charge < -0.3 is 0 Å². The minimum absolute atomic E-state index is 0.500. The van der Waals surface area contributed by atoms with Gasteiger partial charge in [0.05, 0.1) is 0 Å². The molecule has 1 aromatic carbocycles. The van der Waals surface area contributed by atoms with Gasteiger partial charge in [-0.25, -0.2) is 0 Å². The molecule has 0 fully saturated rings. The predicted molar refractivity (Wildman–Crippen MR) is 60.7 cm³/mol. The van der Waals surface area contributed by atoms with Crippen molar-refractivity contribution >= 4 is 31.9 Å². The van der Waals surface area contributed by atoms with E-state index < -0.39 is 0 Å². The molecule has 0 bridgehead atoms. The Labute approximate surface area is 90.6 Å². The third-order valence-corrected chi connectivity index (χ3v) is 3.23. The van der Waals surface area contributed by atoms with Gasteiger partial charge in [0.2, 0.25) is 0 Å². The van der Waals surface area contributed by atoms with Gasteiger partial charge in [-0.1, -0.05) is 57.3 Å². The molecule has 0 aromatic heterocycles. The molecule has 2 heteroatoms. The lowest BCUT2D eigenvalue weighted by atomic mass is 10.1. The summed E-state index contributed by atoms with van der Waals surface area (Å²) in [7, 11) is 0. The second-order valence-corrected chi connectivity index (χ2v) is 4.83. The molecular formula is C10H12Br2. The van der Waals surface area contributed by atoms with E-state index in [1.54, 1.807) is 0 Å². The van der Waals surface area contributed by atoms with Crippen LogP contribution in [-0.2, 0) is 0 Å². The van der Waals surface area contributed by atoms with E-state index in [2.05, 4.69) is 63.0 Å². The van der Waals surface area contributed by atoms with Gasteiger partial charge in [0, 0.05) is 9.30 Å². The zero-order chi connectivity index (χ0) is 8.97. The molecule has 1 unspecified atom stereocenters. The lowest BCUT2D eigenvalue weighted by Crippen LogP contribution is -1.88. The van der Waals surface area contributed by atoms with E-state index in [1.165, 1.54) is 18.4 Å². The van der Waals surface area contributed by atoms with Gasteiger partial charge in [0.15, 0.2) is 0 Å². The molecule has 1 rings (SSSR count). The largest absolute Gasteiger partial charge is 0.0839 e. The first-order chi connectivity index (χ1) is 5.74. The fourth-order valence-electron chi connectivity index (χ4n) is 1.12. The first-order valence-corrected chi connectivity index (χ1v) is 5.84. The molecule has 0 aliphatic heterocycles. The van der Waals surface area contributed by atoms with Crippen LogP contribution >= 0.6 is 31.9 Å². The van der Waals surface area contributed by atoms with Gasteiger partial charge >= 0.3 is 0 Å². The fraction of sp³-hybridized carbons (Fsp3) is 0.400. The van der Waals surface area contributed by atoms with E-state index in [-0.39, 0.29) is 0 Å². The zero-order valence-electron chi connectivity index (χ0n) is 7.06. The van der Waals surface area contributed by atoms with Crippen LogP contribution in [-0.4, -0.2) is 0 Å². The van der Waals surface area contributed by atoms with Gasteiger partial charge in [0.1, 0.15) is 0 Å². The van der Waals surface area contributed by atoms with Gasteiger partial charge in [-0.2, -0.15) is 0 Å². The Hall–Kier alpha value is 0.180. The van der Waals surface area contributed by atoms with Crippen molar-refractivity contribution < 1.29 is 0 Å². The van der Waals surface area contributed by atoms with E-state index in [0.29, 0.717) is 4.83 Å². The molecule has 0 radical (unpaired) electrons. The molecule has 0 heterocycles. The number of rotatable bonds is 3. The van der Waals surface area contributed by atoms with Gasteiger partial charge in [0.25, 0.3) is 0 Å². The zero-order valence-corrected chi connectivity index (χ0v) is 10.2. The molecule has 0 nitrogen and oxygen atoms in total.